The molecule has 0 unspecified atom stereocenters. The van der Waals surface area contributed by atoms with E-state index in [-0.39, 0.29) is 5.91 Å². The molecule has 0 radical (unpaired) electrons. The van der Waals surface area contributed by atoms with Crippen molar-refractivity contribution in [3.63, 3.8) is 0 Å². The highest BCUT2D eigenvalue weighted by Crippen LogP contribution is 2.27. The number of carbonyl (C=O) groups is 1. The molecule has 20 heavy (non-hydrogen) atoms. The number of rotatable bonds is 1. The van der Waals surface area contributed by atoms with E-state index in [1.165, 1.54) is 5.56 Å². The van der Waals surface area contributed by atoms with Gasteiger partial charge in [0.25, 0.3) is 5.91 Å². The average molecular weight is 267 g/mol. The average Bonchev–Trinajstić information content (AvgIpc) is 2.45. The smallest absolute Gasteiger partial charge is 0.277 e. The Morgan fingerprint density at radius 3 is 2.80 bits per heavy atom. The maximum atomic E-state index is 12.7. The molecule has 0 aliphatic carbocycles. The molecule has 0 spiro atoms. The van der Waals surface area contributed by atoms with E-state index in [0.717, 1.165) is 30.8 Å². The summed E-state index contributed by atoms with van der Waals surface area (Å²) in [5.41, 5.74) is 3.55. The second-order valence-corrected chi connectivity index (χ2v) is 5.13. The van der Waals surface area contributed by atoms with Crippen LogP contribution < -0.4 is 4.90 Å². The van der Waals surface area contributed by atoms with Crippen molar-refractivity contribution in [2.45, 2.75) is 26.7 Å². The Morgan fingerprint density at radius 1 is 1.20 bits per heavy atom. The van der Waals surface area contributed by atoms with Gasteiger partial charge in [0.2, 0.25) is 0 Å². The van der Waals surface area contributed by atoms with E-state index >= 15 is 0 Å². The molecule has 102 valence electrons. The number of nitrogens with zero attached hydrogens (tertiary/aromatic N) is 3. The summed E-state index contributed by atoms with van der Waals surface area (Å²) in [4.78, 5) is 23.0. The highest BCUT2D eigenvalue weighted by atomic mass is 16.2. The minimum absolute atomic E-state index is 0.0363. The number of para-hydroxylation sites is 1. The second-order valence-electron chi connectivity index (χ2n) is 5.13. The highest BCUT2D eigenvalue weighted by Gasteiger charge is 2.24. The van der Waals surface area contributed by atoms with Gasteiger partial charge in [-0.25, -0.2) is 9.97 Å². The van der Waals surface area contributed by atoms with Crippen molar-refractivity contribution in [1.29, 1.82) is 0 Å². The van der Waals surface area contributed by atoms with Gasteiger partial charge in [-0.05, 0) is 44.4 Å². The summed E-state index contributed by atoms with van der Waals surface area (Å²) in [6, 6.07) is 9.85. The number of aryl methyl sites for hydroxylation is 3. The lowest BCUT2D eigenvalue weighted by molar-refractivity contribution is 0.0980. The van der Waals surface area contributed by atoms with Gasteiger partial charge in [0.15, 0.2) is 0 Å². The first kappa shape index (κ1) is 12.8. The molecule has 3 rings (SSSR count). The molecule has 4 nitrogen and oxygen atoms in total. The van der Waals surface area contributed by atoms with E-state index in [1.54, 1.807) is 6.07 Å². The van der Waals surface area contributed by atoms with Crippen LogP contribution in [0.15, 0.2) is 30.3 Å². The van der Waals surface area contributed by atoms with Crippen LogP contribution in [-0.4, -0.2) is 22.4 Å². The maximum Gasteiger partial charge on any atom is 0.277 e. The van der Waals surface area contributed by atoms with Crippen LogP contribution in [0.2, 0.25) is 0 Å². The van der Waals surface area contributed by atoms with E-state index in [9.17, 15) is 4.79 Å². The zero-order valence-electron chi connectivity index (χ0n) is 11.8. The summed E-state index contributed by atoms with van der Waals surface area (Å²) in [6.07, 6.45) is 2.02. The van der Waals surface area contributed by atoms with E-state index in [4.69, 9.17) is 0 Å². The van der Waals surface area contributed by atoms with Crippen LogP contribution in [0.5, 0.6) is 0 Å². The summed E-state index contributed by atoms with van der Waals surface area (Å²) in [5.74, 6) is 0.601. The van der Waals surface area contributed by atoms with Gasteiger partial charge in [-0.15, -0.1) is 0 Å². The fraction of sp³-hybridized carbons (Fsp3) is 0.312. The van der Waals surface area contributed by atoms with Crippen molar-refractivity contribution < 1.29 is 4.79 Å². The molecule has 1 aliphatic rings. The Labute approximate surface area is 118 Å². The molecule has 4 heteroatoms. The van der Waals surface area contributed by atoms with E-state index in [0.29, 0.717) is 11.5 Å². The van der Waals surface area contributed by atoms with Gasteiger partial charge in [-0.3, -0.25) is 4.79 Å². The molecule has 1 aromatic heterocycles. The summed E-state index contributed by atoms with van der Waals surface area (Å²) in [6.45, 7) is 4.45. The molecular formula is C16H17N3O. The molecule has 0 fully saturated rings. The molecule has 2 heterocycles. The van der Waals surface area contributed by atoms with Gasteiger partial charge in [-0.1, -0.05) is 18.2 Å². The van der Waals surface area contributed by atoms with Crippen molar-refractivity contribution in [3.8, 4) is 0 Å². The van der Waals surface area contributed by atoms with Gasteiger partial charge >= 0.3 is 0 Å². The Kier molecular flexibility index (Phi) is 3.22. The molecule has 0 bridgehead atoms. The number of fused-ring (bicyclic) bond motifs is 1. The Morgan fingerprint density at radius 2 is 2.00 bits per heavy atom. The normalized spacial score (nSPS) is 14.0. The molecule has 1 amide bonds. The number of aromatic nitrogens is 2. The topological polar surface area (TPSA) is 46.1 Å². The van der Waals surface area contributed by atoms with Crippen molar-refractivity contribution in [3.05, 3.63) is 53.1 Å². The minimum atomic E-state index is -0.0363. The molecule has 1 aliphatic heterocycles. The van der Waals surface area contributed by atoms with Crippen molar-refractivity contribution in [2.24, 2.45) is 0 Å². The molecule has 0 saturated heterocycles. The summed E-state index contributed by atoms with van der Waals surface area (Å²) >= 11 is 0. The maximum absolute atomic E-state index is 12.7. The summed E-state index contributed by atoms with van der Waals surface area (Å²) in [5, 5.41) is 0. The van der Waals surface area contributed by atoms with Crippen molar-refractivity contribution in [1.82, 2.24) is 9.97 Å². The largest absolute Gasteiger partial charge is 0.307 e. The summed E-state index contributed by atoms with van der Waals surface area (Å²) in [7, 11) is 0. The number of hydrogen-bond donors (Lipinski definition) is 0. The first-order valence-corrected chi connectivity index (χ1v) is 6.87. The standard InChI is InChI=1S/C16H17N3O/c1-11-10-14(18-12(2)17-11)16(20)19-9-5-7-13-6-3-4-8-15(13)19/h3-4,6,8,10H,5,7,9H2,1-2H3. The van der Waals surface area contributed by atoms with Crippen LogP contribution in [0, 0.1) is 13.8 Å². The van der Waals surface area contributed by atoms with Crippen LogP contribution in [0.4, 0.5) is 5.69 Å². The van der Waals surface area contributed by atoms with Gasteiger partial charge in [-0.2, -0.15) is 0 Å². The third-order valence-electron chi connectivity index (χ3n) is 3.54. The lowest BCUT2D eigenvalue weighted by Crippen LogP contribution is -2.36. The molecule has 0 saturated carbocycles. The minimum Gasteiger partial charge on any atom is -0.307 e. The fourth-order valence-corrected chi connectivity index (χ4v) is 2.71. The van der Waals surface area contributed by atoms with Gasteiger partial charge in [0.05, 0.1) is 0 Å². The first-order valence-electron chi connectivity index (χ1n) is 6.87. The van der Waals surface area contributed by atoms with Crippen LogP contribution >= 0.6 is 0 Å². The van der Waals surface area contributed by atoms with Crippen molar-refractivity contribution >= 4 is 11.6 Å². The lowest BCUT2D eigenvalue weighted by Gasteiger charge is -2.29. The monoisotopic (exact) mass is 267 g/mol. The van der Waals surface area contributed by atoms with Crippen LogP contribution in [0.1, 0.15) is 34.0 Å². The molecule has 2 aromatic rings. The Balaban J connectivity index is 1.99. The third kappa shape index (κ3) is 2.29. The quantitative estimate of drug-likeness (QED) is 0.798. The Hall–Kier alpha value is -2.23. The number of hydrogen-bond acceptors (Lipinski definition) is 3. The molecule has 0 atom stereocenters. The van der Waals surface area contributed by atoms with Crippen LogP contribution in [0.3, 0.4) is 0 Å². The van der Waals surface area contributed by atoms with E-state index in [1.807, 2.05) is 36.9 Å². The second kappa shape index (κ2) is 5.04. The molecule has 0 N–H and O–H groups in total. The summed E-state index contributed by atoms with van der Waals surface area (Å²) < 4.78 is 0. The third-order valence-corrected chi connectivity index (χ3v) is 3.54. The van der Waals surface area contributed by atoms with Gasteiger partial charge < -0.3 is 4.90 Å². The fourth-order valence-electron chi connectivity index (χ4n) is 2.71. The number of carbonyl (C=O) groups excluding carboxylic acids is 1. The van der Waals surface area contributed by atoms with Crippen molar-refractivity contribution in [2.75, 3.05) is 11.4 Å². The zero-order chi connectivity index (χ0) is 14.1. The van der Waals surface area contributed by atoms with Gasteiger partial charge in [0, 0.05) is 17.9 Å². The van der Waals surface area contributed by atoms with E-state index in [2.05, 4.69) is 16.0 Å². The van der Waals surface area contributed by atoms with Crippen LogP contribution in [-0.2, 0) is 6.42 Å². The van der Waals surface area contributed by atoms with Gasteiger partial charge in [0.1, 0.15) is 11.5 Å². The number of benzene rings is 1. The highest BCUT2D eigenvalue weighted by molar-refractivity contribution is 6.05. The number of anilines is 1. The predicted octanol–water partition coefficient (Wildman–Crippen LogP) is 2.69. The van der Waals surface area contributed by atoms with E-state index < -0.39 is 0 Å². The first-order chi connectivity index (χ1) is 9.65. The molecule has 1 aromatic carbocycles. The predicted molar refractivity (Wildman–Crippen MR) is 77.9 cm³/mol. The lowest BCUT2D eigenvalue weighted by atomic mass is 10.0. The molecular weight excluding hydrogens is 250 g/mol. The number of amides is 1. The Bertz CT molecular complexity index is 646. The zero-order valence-corrected chi connectivity index (χ0v) is 11.8. The van der Waals surface area contributed by atoms with Crippen LogP contribution in [0.25, 0.3) is 0 Å². The SMILES string of the molecule is Cc1cc(C(=O)N2CCCc3ccccc32)nc(C)n1.